The van der Waals surface area contributed by atoms with Crippen LogP contribution in [0.15, 0.2) is 0 Å². The zero-order chi connectivity index (χ0) is 29.6. The molecule has 31 heteroatoms. The van der Waals surface area contributed by atoms with Crippen LogP contribution in [-0.2, 0) is 54.5 Å². The first-order valence-corrected chi connectivity index (χ1v) is 17.9. The molecule has 0 aromatic heterocycles. The molecule has 0 spiro atoms. The van der Waals surface area contributed by atoms with E-state index >= 15 is 0 Å². The molecule has 0 amide bonds. The zero-order valence-electron chi connectivity index (χ0n) is 16.9. The largest absolute Gasteiger partial charge is 0.470 e. The third-order valence-corrected chi connectivity index (χ3v) is 7.77. The summed E-state index contributed by atoms with van der Waals surface area (Å²) in [4.78, 5) is 111. The Hall–Kier alpha value is 1.09. The molecule has 12 N–H and O–H groups in total. The second-order valence-electron chi connectivity index (χ2n) is 6.65. The Balaban J connectivity index is 4.19. The molecule has 0 aromatic rings. The molecule has 1 aliphatic carbocycles. The topological polar surface area (TPSA) is 401 Å². The first-order valence-electron chi connectivity index (χ1n) is 8.17. The molecule has 7 atom stereocenters. The van der Waals surface area contributed by atoms with Crippen LogP contribution in [0.2, 0.25) is 0 Å². The van der Waals surface area contributed by atoms with Crippen LogP contribution in [-0.4, -0.2) is 94.6 Å². The lowest BCUT2D eigenvalue weighted by Gasteiger charge is -2.53. The molecule has 0 bridgehead atoms. The van der Waals surface area contributed by atoms with Gasteiger partial charge in [-0.05, 0) is 0 Å². The summed E-state index contributed by atoms with van der Waals surface area (Å²) in [5, 5.41) is -3.70. The minimum Gasteiger partial charge on any atom is -0.303 e. The van der Waals surface area contributed by atoms with Gasteiger partial charge < -0.3 is 58.7 Å². The molecule has 0 heterocycles. The average molecular weight is 692 g/mol. The van der Waals surface area contributed by atoms with Crippen LogP contribution < -0.4 is 0 Å². The average Bonchev–Trinajstić information content (AvgIpc) is 2.52. The molecule has 1 fully saturated rings. The van der Waals surface area contributed by atoms with Crippen LogP contribution in [0, 0.1) is 0 Å². The summed E-state index contributed by atoms with van der Waals surface area (Å²) in [6.07, 6.45) is -16.0. The molecule has 0 aliphatic heterocycles. The van der Waals surface area contributed by atoms with E-state index in [2.05, 4.69) is 27.1 Å². The van der Waals surface area contributed by atoms with E-state index in [1.165, 1.54) is 0 Å². The number of hydrogen-bond acceptors (Lipinski definition) is 12. The summed E-state index contributed by atoms with van der Waals surface area (Å²) in [5.41, 5.74) is 0. The lowest BCUT2D eigenvalue weighted by molar-refractivity contribution is -0.214. The Morgan fingerprint density at radius 1 is 0.432 bits per heavy atom. The fraction of sp³-hybridized carbons (Fsp3) is 1.00. The van der Waals surface area contributed by atoms with Crippen molar-refractivity contribution in [3.63, 3.8) is 0 Å². The maximum Gasteiger partial charge on any atom is 0.470 e. The Morgan fingerprint density at radius 2 is 0.676 bits per heavy atom. The molecule has 0 saturated heterocycles. The molecule has 1 aliphatic rings. The minimum atomic E-state index is -6.10. The molecule has 37 heavy (non-hydrogen) atoms. The summed E-state index contributed by atoms with van der Waals surface area (Å²) in [5.74, 6) is 0. The van der Waals surface area contributed by atoms with Crippen molar-refractivity contribution in [3.8, 4) is 0 Å². The second kappa shape index (κ2) is 11.8. The standard InChI is InChI=1S/C6H19O24P7/c7-32(8,9)25-1-2(26-33(10,11)12)4(28-35(16,17)18)6(31,30-37(22,23)24)5(29-36(19,20)21)3(1)27-34(13,14)15/h1-5H,31H2,(H2,7,8,9)(H2,10,11,12)(H2,13,14,15)(H2,16,17,18)(H2,19,20,21)(H2,22,23,24)/t1?,2-,3+,4-,5-,6?/m0/s1. The van der Waals surface area contributed by atoms with E-state index in [-0.39, 0.29) is 0 Å². The molecule has 0 aromatic carbocycles. The highest BCUT2D eigenvalue weighted by molar-refractivity contribution is 7.48. The Morgan fingerprint density at radius 3 is 0.892 bits per heavy atom. The smallest absolute Gasteiger partial charge is 0.303 e. The summed E-state index contributed by atoms with van der Waals surface area (Å²) in [6, 6.07) is 0. The quantitative estimate of drug-likeness (QED) is 0.0911. The highest BCUT2D eigenvalue weighted by Gasteiger charge is 2.68. The molecular weight excluding hydrogens is 673 g/mol. The van der Waals surface area contributed by atoms with Crippen LogP contribution in [0.1, 0.15) is 0 Å². The van der Waals surface area contributed by atoms with Crippen molar-refractivity contribution in [2.24, 2.45) is 0 Å². The third kappa shape index (κ3) is 12.6. The Bertz CT molecular complexity index is 1030. The fourth-order valence-corrected chi connectivity index (χ4v) is 7.51. The van der Waals surface area contributed by atoms with Crippen molar-refractivity contribution in [1.29, 1.82) is 0 Å². The fourth-order valence-electron chi connectivity index (χ4n) is 2.92. The van der Waals surface area contributed by atoms with Gasteiger partial charge in [-0.1, -0.05) is 9.24 Å². The SMILES string of the molecule is O=P(O)(O)OC1[C@@H](OP(=O)(O)O)[C@H](OP(=O)(O)O)C(P)(OP(=O)(O)O)[C@@H](OP(=O)(O)O)[C@H]1OP(=O)(O)O. The highest BCUT2D eigenvalue weighted by Crippen LogP contribution is 2.62. The molecule has 222 valence electrons. The number of phosphoric ester groups is 6. The Labute approximate surface area is 205 Å². The monoisotopic (exact) mass is 692 g/mol. The lowest BCUT2D eigenvalue weighted by atomic mass is 9.84. The van der Waals surface area contributed by atoms with Crippen molar-refractivity contribution < 1.29 is 113 Å². The van der Waals surface area contributed by atoms with Gasteiger partial charge in [0, 0.05) is 0 Å². The molecule has 0 radical (unpaired) electrons. The van der Waals surface area contributed by atoms with Crippen molar-refractivity contribution in [2.45, 2.75) is 35.9 Å². The summed E-state index contributed by atoms with van der Waals surface area (Å²) in [6.45, 7) is 0. The first-order chi connectivity index (χ1) is 15.9. The number of hydrogen-bond donors (Lipinski definition) is 12. The molecule has 24 nitrogen and oxygen atoms in total. The number of phosphoric acid groups is 6. The van der Waals surface area contributed by atoms with Gasteiger partial charge in [-0.15, -0.1) is 0 Å². The van der Waals surface area contributed by atoms with Gasteiger partial charge in [0.25, 0.3) is 0 Å². The summed E-state index contributed by atoms with van der Waals surface area (Å²) < 4.78 is 94.3. The van der Waals surface area contributed by atoms with Crippen molar-refractivity contribution in [2.75, 3.05) is 0 Å². The van der Waals surface area contributed by atoms with E-state index in [9.17, 15) is 86.1 Å². The summed E-state index contributed by atoms with van der Waals surface area (Å²) >= 11 is 0. The predicted molar refractivity (Wildman–Crippen MR) is 110 cm³/mol. The van der Waals surface area contributed by atoms with Crippen molar-refractivity contribution in [1.82, 2.24) is 0 Å². The van der Waals surface area contributed by atoms with Gasteiger partial charge in [-0.2, -0.15) is 0 Å². The summed E-state index contributed by atoms with van der Waals surface area (Å²) in [7, 11) is -35.3. The molecular formula is C6H19O24P7. The highest BCUT2D eigenvalue weighted by atomic mass is 31.2. The van der Waals surface area contributed by atoms with Crippen molar-refractivity contribution >= 4 is 56.2 Å². The first kappa shape index (κ1) is 36.1. The molecule has 3 unspecified atom stereocenters. The molecule has 1 saturated carbocycles. The van der Waals surface area contributed by atoms with Crippen LogP contribution in [0.5, 0.6) is 0 Å². The normalized spacial score (nSPS) is 30.9. The van der Waals surface area contributed by atoms with E-state index in [0.29, 0.717) is 0 Å². The second-order valence-corrected chi connectivity index (χ2v) is 14.7. The van der Waals surface area contributed by atoms with Crippen LogP contribution in [0.25, 0.3) is 0 Å². The predicted octanol–water partition coefficient (Wildman–Crippen LogP) is -2.93. The van der Waals surface area contributed by atoms with E-state index < -0.39 is 82.8 Å². The van der Waals surface area contributed by atoms with Crippen LogP contribution in [0.4, 0.5) is 0 Å². The maximum absolute atomic E-state index is 11.6. The van der Waals surface area contributed by atoms with Gasteiger partial charge in [0.15, 0.2) is 5.34 Å². The van der Waals surface area contributed by atoms with Gasteiger partial charge in [-0.3, -0.25) is 27.1 Å². The van der Waals surface area contributed by atoms with Crippen LogP contribution in [0.3, 0.4) is 0 Å². The third-order valence-electron chi connectivity index (χ3n) is 3.69. The number of rotatable bonds is 12. The van der Waals surface area contributed by atoms with E-state index in [0.717, 1.165) is 9.24 Å². The van der Waals surface area contributed by atoms with E-state index in [1.54, 1.807) is 0 Å². The maximum atomic E-state index is 11.6. The Kier molecular flexibility index (Phi) is 11.5. The van der Waals surface area contributed by atoms with Crippen molar-refractivity contribution in [3.05, 3.63) is 0 Å². The lowest BCUT2D eigenvalue weighted by Crippen LogP contribution is -2.70. The molecule has 1 rings (SSSR count). The van der Waals surface area contributed by atoms with Gasteiger partial charge in [0.1, 0.15) is 30.5 Å². The van der Waals surface area contributed by atoms with Gasteiger partial charge in [0.05, 0.1) is 0 Å². The van der Waals surface area contributed by atoms with Gasteiger partial charge in [-0.25, -0.2) is 27.4 Å². The van der Waals surface area contributed by atoms with Crippen LogP contribution >= 0.6 is 56.2 Å². The van der Waals surface area contributed by atoms with E-state index in [4.69, 9.17) is 0 Å². The van der Waals surface area contributed by atoms with Gasteiger partial charge in [0.2, 0.25) is 0 Å². The van der Waals surface area contributed by atoms with E-state index in [1.807, 2.05) is 0 Å². The zero-order valence-corrected chi connectivity index (χ0v) is 23.4. The minimum absolute atomic E-state index is 1.10. The van der Waals surface area contributed by atoms with Gasteiger partial charge >= 0.3 is 46.9 Å².